The minimum atomic E-state index is -0.919. The summed E-state index contributed by atoms with van der Waals surface area (Å²) in [5.74, 6) is -0.295. The Hall–Kier alpha value is -0.650. The van der Waals surface area contributed by atoms with Crippen LogP contribution in [-0.4, -0.2) is 46.1 Å². The van der Waals surface area contributed by atoms with Crippen LogP contribution in [0, 0.1) is 0 Å². The summed E-state index contributed by atoms with van der Waals surface area (Å²) >= 11 is 0. The van der Waals surface area contributed by atoms with Crippen LogP contribution in [0.2, 0.25) is 0 Å². The fraction of sp³-hybridized carbons (Fsp3) is 0.944. The van der Waals surface area contributed by atoms with Crippen LogP contribution < -0.4 is 5.32 Å². The van der Waals surface area contributed by atoms with E-state index in [9.17, 15) is 15.0 Å². The molecule has 0 heterocycles. The lowest BCUT2D eigenvalue weighted by Gasteiger charge is -2.23. The summed E-state index contributed by atoms with van der Waals surface area (Å²) in [4.78, 5) is 11.0. The molecule has 0 bridgehead atoms. The van der Waals surface area contributed by atoms with Crippen LogP contribution in [0.4, 0.5) is 0 Å². The van der Waals surface area contributed by atoms with E-state index >= 15 is 0 Å². The van der Waals surface area contributed by atoms with Crippen LogP contribution in [0.3, 0.4) is 0 Å². The number of aliphatic hydroxyl groups excluding tert-OH is 3. The van der Waals surface area contributed by atoms with Crippen LogP contribution >= 0.6 is 0 Å². The lowest BCUT2D eigenvalue weighted by atomic mass is 10.00. The molecule has 0 aliphatic carbocycles. The number of carbonyl (C=O) groups excluding carboxylic acids is 1. The SMILES string of the molecule is CCCCCCCCCCC[C@H](O)C[C@@H](O)[C@@H](CO)NC(C)=O. The fourth-order valence-electron chi connectivity index (χ4n) is 2.78. The largest absolute Gasteiger partial charge is 0.394 e. The van der Waals surface area contributed by atoms with E-state index in [-0.39, 0.29) is 18.9 Å². The second kappa shape index (κ2) is 14.9. The Morgan fingerprint density at radius 3 is 1.96 bits per heavy atom. The van der Waals surface area contributed by atoms with Crippen molar-refractivity contribution in [2.24, 2.45) is 0 Å². The summed E-state index contributed by atoms with van der Waals surface area (Å²) in [6.07, 6.45) is 10.4. The molecule has 0 aromatic rings. The zero-order valence-electron chi connectivity index (χ0n) is 15.0. The molecule has 3 atom stereocenters. The third kappa shape index (κ3) is 13.5. The summed E-state index contributed by atoms with van der Waals surface area (Å²) in [6, 6.07) is -0.703. The van der Waals surface area contributed by atoms with Gasteiger partial charge in [0, 0.05) is 13.3 Å². The Bertz CT molecular complexity index is 286. The van der Waals surface area contributed by atoms with E-state index < -0.39 is 18.2 Å². The number of hydrogen-bond donors (Lipinski definition) is 4. The van der Waals surface area contributed by atoms with Crippen molar-refractivity contribution in [3.05, 3.63) is 0 Å². The van der Waals surface area contributed by atoms with Gasteiger partial charge in [-0.3, -0.25) is 4.79 Å². The van der Waals surface area contributed by atoms with Crippen molar-refractivity contribution in [2.75, 3.05) is 6.61 Å². The molecule has 23 heavy (non-hydrogen) atoms. The quantitative estimate of drug-likeness (QED) is 0.347. The number of hydrogen-bond acceptors (Lipinski definition) is 4. The maximum atomic E-state index is 11.0. The van der Waals surface area contributed by atoms with Crippen LogP contribution in [0.5, 0.6) is 0 Å². The molecule has 0 saturated heterocycles. The summed E-state index contributed by atoms with van der Waals surface area (Å²) in [5.41, 5.74) is 0. The van der Waals surface area contributed by atoms with Gasteiger partial charge in [-0.05, 0) is 6.42 Å². The zero-order valence-corrected chi connectivity index (χ0v) is 15.0. The van der Waals surface area contributed by atoms with Crippen molar-refractivity contribution < 1.29 is 20.1 Å². The van der Waals surface area contributed by atoms with Gasteiger partial charge >= 0.3 is 0 Å². The van der Waals surface area contributed by atoms with Gasteiger partial charge in [0.1, 0.15) is 0 Å². The predicted molar refractivity (Wildman–Crippen MR) is 93.2 cm³/mol. The van der Waals surface area contributed by atoms with E-state index in [0.29, 0.717) is 6.42 Å². The fourth-order valence-corrected chi connectivity index (χ4v) is 2.78. The molecule has 0 aliphatic heterocycles. The average molecular weight is 331 g/mol. The first kappa shape index (κ1) is 22.4. The predicted octanol–water partition coefficient (Wildman–Crippen LogP) is 2.52. The Morgan fingerprint density at radius 1 is 0.957 bits per heavy atom. The number of unbranched alkanes of at least 4 members (excludes halogenated alkanes) is 8. The molecule has 0 spiro atoms. The third-order valence-corrected chi connectivity index (χ3v) is 4.20. The smallest absolute Gasteiger partial charge is 0.217 e. The second-order valence-electron chi connectivity index (χ2n) is 6.56. The average Bonchev–Trinajstić information content (AvgIpc) is 2.50. The zero-order chi connectivity index (χ0) is 17.5. The van der Waals surface area contributed by atoms with Gasteiger partial charge < -0.3 is 20.6 Å². The van der Waals surface area contributed by atoms with E-state index in [4.69, 9.17) is 5.11 Å². The number of rotatable bonds is 15. The monoisotopic (exact) mass is 331 g/mol. The first-order valence-corrected chi connectivity index (χ1v) is 9.25. The van der Waals surface area contributed by atoms with Gasteiger partial charge in [-0.15, -0.1) is 0 Å². The highest BCUT2D eigenvalue weighted by atomic mass is 16.3. The molecule has 5 heteroatoms. The molecule has 0 unspecified atom stereocenters. The van der Waals surface area contributed by atoms with Gasteiger partial charge in [0.2, 0.25) is 5.91 Å². The molecule has 0 saturated carbocycles. The topological polar surface area (TPSA) is 89.8 Å². The van der Waals surface area contributed by atoms with E-state index in [1.807, 2.05) is 0 Å². The van der Waals surface area contributed by atoms with Crippen molar-refractivity contribution in [1.82, 2.24) is 5.32 Å². The lowest BCUT2D eigenvalue weighted by molar-refractivity contribution is -0.121. The minimum Gasteiger partial charge on any atom is -0.394 e. The molecule has 0 fully saturated rings. The Balaban J connectivity index is 3.62. The third-order valence-electron chi connectivity index (χ3n) is 4.20. The number of aliphatic hydroxyl groups is 3. The van der Waals surface area contributed by atoms with E-state index in [1.54, 1.807) is 0 Å². The van der Waals surface area contributed by atoms with E-state index in [1.165, 1.54) is 51.9 Å². The number of carbonyl (C=O) groups is 1. The molecular formula is C18H37NO4. The maximum Gasteiger partial charge on any atom is 0.217 e. The van der Waals surface area contributed by atoms with Crippen molar-refractivity contribution in [2.45, 2.75) is 103 Å². The van der Waals surface area contributed by atoms with Crippen molar-refractivity contribution >= 4 is 5.91 Å². The van der Waals surface area contributed by atoms with Gasteiger partial charge in [0.05, 0.1) is 24.9 Å². The summed E-state index contributed by atoms with van der Waals surface area (Å²) in [5, 5.41) is 31.5. The molecule has 0 radical (unpaired) electrons. The minimum absolute atomic E-state index is 0.183. The highest BCUT2D eigenvalue weighted by Crippen LogP contribution is 2.14. The summed E-state index contributed by atoms with van der Waals surface area (Å²) in [7, 11) is 0. The summed E-state index contributed by atoms with van der Waals surface area (Å²) < 4.78 is 0. The molecule has 0 aromatic heterocycles. The summed E-state index contributed by atoms with van der Waals surface area (Å²) in [6.45, 7) is 3.24. The molecule has 138 valence electrons. The second-order valence-corrected chi connectivity index (χ2v) is 6.56. The number of amides is 1. The van der Waals surface area contributed by atoms with Crippen molar-refractivity contribution in [3.63, 3.8) is 0 Å². The van der Waals surface area contributed by atoms with Gasteiger partial charge in [-0.25, -0.2) is 0 Å². The Morgan fingerprint density at radius 2 is 1.48 bits per heavy atom. The lowest BCUT2D eigenvalue weighted by Crippen LogP contribution is -2.46. The normalized spacial score (nSPS) is 15.2. The molecule has 0 rings (SSSR count). The molecule has 5 nitrogen and oxygen atoms in total. The highest BCUT2D eigenvalue weighted by molar-refractivity contribution is 5.73. The Labute approximate surface area is 141 Å². The van der Waals surface area contributed by atoms with Gasteiger partial charge in [0.15, 0.2) is 0 Å². The van der Waals surface area contributed by atoms with Crippen LogP contribution in [0.25, 0.3) is 0 Å². The van der Waals surface area contributed by atoms with E-state index in [2.05, 4.69) is 12.2 Å². The van der Waals surface area contributed by atoms with Crippen molar-refractivity contribution in [1.29, 1.82) is 0 Å². The van der Waals surface area contributed by atoms with Gasteiger partial charge in [-0.2, -0.15) is 0 Å². The van der Waals surface area contributed by atoms with Gasteiger partial charge in [-0.1, -0.05) is 64.7 Å². The van der Waals surface area contributed by atoms with Crippen molar-refractivity contribution in [3.8, 4) is 0 Å². The van der Waals surface area contributed by atoms with Gasteiger partial charge in [0.25, 0.3) is 0 Å². The standard InChI is InChI=1S/C18H37NO4/c1-3-4-5-6-7-8-9-10-11-12-16(22)13-18(23)17(14-20)19-15(2)21/h16-18,20,22-23H,3-14H2,1-2H3,(H,19,21)/t16-,17+,18+/m0/s1. The molecule has 1 amide bonds. The van der Waals surface area contributed by atoms with Crippen LogP contribution in [0.15, 0.2) is 0 Å². The first-order chi connectivity index (χ1) is 11.0. The van der Waals surface area contributed by atoms with E-state index in [0.717, 1.165) is 12.8 Å². The molecule has 0 aromatic carbocycles. The first-order valence-electron chi connectivity index (χ1n) is 9.25. The van der Waals surface area contributed by atoms with Crippen LogP contribution in [-0.2, 0) is 4.79 Å². The molecule has 0 aliphatic rings. The van der Waals surface area contributed by atoms with Crippen LogP contribution in [0.1, 0.15) is 84.5 Å². The Kier molecular flexibility index (Phi) is 14.5. The molecular weight excluding hydrogens is 294 g/mol. The number of nitrogens with one attached hydrogen (secondary N) is 1. The maximum absolute atomic E-state index is 11.0. The highest BCUT2D eigenvalue weighted by Gasteiger charge is 2.22. The molecule has 4 N–H and O–H groups in total.